The van der Waals surface area contributed by atoms with Crippen LogP contribution in [-0.4, -0.2) is 55.4 Å². The van der Waals surface area contributed by atoms with Gasteiger partial charge in [0, 0.05) is 39.3 Å². The molecule has 0 radical (unpaired) electrons. The molecule has 1 fully saturated rings. The van der Waals surface area contributed by atoms with Crippen LogP contribution in [0.1, 0.15) is 24.0 Å². The second-order valence-electron chi connectivity index (χ2n) is 7.60. The van der Waals surface area contributed by atoms with Gasteiger partial charge in [-0.25, -0.2) is 8.78 Å². The third-order valence-electron chi connectivity index (χ3n) is 5.22. The van der Waals surface area contributed by atoms with Gasteiger partial charge in [0.25, 0.3) is 0 Å². The number of halogens is 3. The van der Waals surface area contributed by atoms with E-state index in [0.29, 0.717) is 19.0 Å². The molecule has 3 N–H and O–H groups in total. The van der Waals surface area contributed by atoms with Crippen LogP contribution in [0.5, 0.6) is 5.75 Å². The number of aliphatic imine (C=N–C) groups is 1. The maximum absolute atomic E-state index is 13.6. The standard InChI is InChI=1S/C23H30F2N4O2.HI/c1-26-23(27-10-13-31-22-7-6-19(24)14-21(22)25)28-15-17-2-4-18(5-3-17)16-29-11-8-20(30)9-12-29;/h2-7,14,20,30H,8-13,15-16H2,1H3,(H2,26,27,28);1H. The summed E-state index contributed by atoms with van der Waals surface area (Å²) < 4.78 is 31.8. The van der Waals surface area contributed by atoms with Crippen LogP contribution < -0.4 is 15.4 Å². The van der Waals surface area contributed by atoms with Crippen LogP contribution in [0.15, 0.2) is 47.5 Å². The maximum atomic E-state index is 13.6. The van der Waals surface area contributed by atoms with Gasteiger partial charge in [0.1, 0.15) is 12.4 Å². The highest BCUT2D eigenvalue weighted by Gasteiger charge is 2.16. The summed E-state index contributed by atoms with van der Waals surface area (Å²) in [4.78, 5) is 6.53. The predicted molar refractivity (Wildman–Crippen MR) is 132 cm³/mol. The van der Waals surface area contributed by atoms with Gasteiger partial charge in [-0.3, -0.25) is 9.89 Å². The van der Waals surface area contributed by atoms with Gasteiger partial charge in [0.15, 0.2) is 17.5 Å². The van der Waals surface area contributed by atoms with Gasteiger partial charge in [-0.05, 0) is 36.1 Å². The normalized spacial score (nSPS) is 15.2. The minimum absolute atomic E-state index is 0. The van der Waals surface area contributed by atoms with E-state index in [1.807, 2.05) is 0 Å². The zero-order chi connectivity index (χ0) is 22.1. The fourth-order valence-corrected chi connectivity index (χ4v) is 3.43. The molecule has 0 atom stereocenters. The van der Waals surface area contributed by atoms with Crippen molar-refractivity contribution in [2.45, 2.75) is 32.0 Å². The Balaban J connectivity index is 0.00000363. The lowest BCUT2D eigenvalue weighted by molar-refractivity contribution is 0.0792. The molecule has 0 amide bonds. The Morgan fingerprint density at radius 3 is 2.44 bits per heavy atom. The van der Waals surface area contributed by atoms with Crippen molar-refractivity contribution in [3.05, 3.63) is 65.2 Å². The van der Waals surface area contributed by atoms with Gasteiger partial charge < -0.3 is 20.5 Å². The average Bonchev–Trinajstić information content (AvgIpc) is 2.77. The molecule has 2 aromatic rings. The summed E-state index contributed by atoms with van der Waals surface area (Å²) in [5, 5.41) is 15.9. The molecule has 0 bridgehead atoms. The Labute approximate surface area is 205 Å². The lowest BCUT2D eigenvalue weighted by Gasteiger charge is -2.29. The van der Waals surface area contributed by atoms with Gasteiger partial charge in [0.05, 0.1) is 12.6 Å². The molecule has 176 valence electrons. The summed E-state index contributed by atoms with van der Waals surface area (Å²) in [6.45, 7) is 4.01. The first-order valence-electron chi connectivity index (χ1n) is 10.5. The van der Waals surface area contributed by atoms with E-state index in [1.165, 1.54) is 11.6 Å². The third-order valence-corrected chi connectivity index (χ3v) is 5.22. The summed E-state index contributed by atoms with van der Waals surface area (Å²) in [6, 6.07) is 11.7. The molecule has 9 heteroatoms. The molecule has 2 aromatic carbocycles. The van der Waals surface area contributed by atoms with E-state index in [2.05, 4.69) is 44.8 Å². The topological polar surface area (TPSA) is 69.1 Å². The summed E-state index contributed by atoms with van der Waals surface area (Å²) in [5.74, 6) is -0.720. The predicted octanol–water partition coefficient (Wildman–Crippen LogP) is 3.28. The van der Waals surface area contributed by atoms with Crippen LogP contribution in [0, 0.1) is 11.6 Å². The number of ether oxygens (including phenoxy) is 1. The van der Waals surface area contributed by atoms with Crippen LogP contribution in [0.25, 0.3) is 0 Å². The Morgan fingerprint density at radius 1 is 1.09 bits per heavy atom. The van der Waals surface area contributed by atoms with Crippen LogP contribution in [0.4, 0.5) is 8.78 Å². The van der Waals surface area contributed by atoms with Crippen LogP contribution in [0.2, 0.25) is 0 Å². The Bertz CT molecular complexity index is 860. The van der Waals surface area contributed by atoms with Crippen molar-refractivity contribution in [2.24, 2.45) is 4.99 Å². The molecule has 3 rings (SSSR count). The second kappa shape index (κ2) is 13.5. The van der Waals surface area contributed by atoms with E-state index in [4.69, 9.17) is 4.74 Å². The molecule has 1 aliphatic rings. The van der Waals surface area contributed by atoms with Crippen LogP contribution in [-0.2, 0) is 13.1 Å². The zero-order valence-corrected chi connectivity index (χ0v) is 20.5. The highest BCUT2D eigenvalue weighted by molar-refractivity contribution is 14.0. The first-order chi connectivity index (χ1) is 15.0. The van der Waals surface area contributed by atoms with Crippen LogP contribution >= 0.6 is 24.0 Å². The Kier molecular flexibility index (Phi) is 11.1. The summed E-state index contributed by atoms with van der Waals surface area (Å²) in [5.41, 5.74) is 2.39. The minimum Gasteiger partial charge on any atom is -0.489 e. The largest absolute Gasteiger partial charge is 0.489 e. The van der Waals surface area contributed by atoms with Gasteiger partial charge in [-0.2, -0.15) is 0 Å². The van der Waals surface area contributed by atoms with Crippen LogP contribution in [0.3, 0.4) is 0 Å². The van der Waals surface area contributed by atoms with E-state index in [9.17, 15) is 13.9 Å². The fraction of sp³-hybridized carbons (Fsp3) is 0.435. The molecule has 6 nitrogen and oxygen atoms in total. The number of guanidine groups is 1. The van der Waals surface area contributed by atoms with Crippen molar-refractivity contribution in [3.63, 3.8) is 0 Å². The van der Waals surface area contributed by atoms with Crippen molar-refractivity contribution in [1.29, 1.82) is 0 Å². The molecule has 1 saturated heterocycles. The Morgan fingerprint density at radius 2 is 1.78 bits per heavy atom. The molecular formula is C23H31F2IN4O2. The molecule has 0 spiro atoms. The summed E-state index contributed by atoms with van der Waals surface area (Å²) >= 11 is 0. The maximum Gasteiger partial charge on any atom is 0.191 e. The summed E-state index contributed by atoms with van der Waals surface area (Å²) in [7, 11) is 1.68. The van der Waals surface area contributed by atoms with Gasteiger partial charge in [-0.1, -0.05) is 24.3 Å². The lowest BCUT2D eigenvalue weighted by atomic mass is 10.1. The molecule has 0 saturated carbocycles. The van der Waals surface area contributed by atoms with Crippen molar-refractivity contribution in [3.8, 4) is 5.75 Å². The van der Waals surface area contributed by atoms with Gasteiger partial charge in [0.2, 0.25) is 0 Å². The number of hydrogen-bond acceptors (Lipinski definition) is 4. The van der Waals surface area contributed by atoms with Crippen molar-refractivity contribution >= 4 is 29.9 Å². The molecule has 0 aliphatic carbocycles. The number of likely N-dealkylation sites (tertiary alicyclic amines) is 1. The number of hydrogen-bond donors (Lipinski definition) is 3. The Hall–Kier alpha value is -1.98. The number of nitrogens with zero attached hydrogens (tertiary/aromatic N) is 2. The van der Waals surface area contributed by atoms with Crippen molar-refractivity contribution in [1.82, 2.24) is 15.5 Å². The highest BCUT2D eigenvalue weighted by atomic mass is 127. The van der Waals surface area contributed by atoms with E-state index < -0.39 is 11.6 Å². The SMILES string of the molecule is CN=C(NCCOc1ccc(F)cc1F)NCc1ccc(CN2CCC(O)CC2)cc1.I. The number of nitrogens with one attached hydrogen (secondary N) is 2. The molecule has 0 aromatic heterocycles. The smallest absolute Gasteiger partial charge is 0.191 e. The van der Waals surface area contributed by atoms with E-state index >= 15 is 0 Å². The van der Waals surface area contributed by atoms with E-state index in [-0.39, 0.29) is 42.4 Å². The highest BCUT2D eigenvalue weighted by Crippen LogP contribution is 2.17. The first kappa shape index (κ1) is 26.3. The number of benzene rings is 2. The number of rotatable bonds is 8. The lowest BCUT2D eigenvalue weighted by Crippen LogP contribution is -2.38. The molecule has 1 heterocycles. The molecule has 1 aliphatic heterocycles. The molecule has 32 heavy (non-hydrogen) atoms. The second-order valence-corrected chi connectivity index (χ2v) is 7.60. The third kappa shape index (κ3) is 8.51. The van der Waals surface area contributed by atoms with E-state index in [0.717, 1.165) is 50.2 Å². The molecule has 0 unspecified atom stereocenters. The quantitative estimate of drug-likeness (QED) is 0.200. The number of aliphatic hydroxyl groups is 1. The van der Waals surface area contributed by atoms with Gasteiger partial charge in [-0.15, -0.1) is 24.0 Å². The molecular weight excluding hydrogens is 529 g/mol. The van der Waals surface area contributed by atoms with Gasteiger partial charge >= 0.3 is 0 Å². The first-order valence-corrected chi connectivity index (χ1v) is 10.5. The zero-order valence-electron chi connectivity index (χ0n) is 18.2. The van der Waals surface area contributed by atoms with E-state index in [1.54, 1.807) is 7.05 Å². The number of aliphatic hydroxyl groups excluding tert-OH is 1. The average molecular weight is 560 g/mol. The fourth-order valence-electron chi connectivity index (χ4n) is 3.43. The minimum atomic E-state index is -0.719. The number of piperidine rings is 1. The van der Waals surface area contributed by atoms with Crippen molar-refractivity contribution in [2.75, 3.05) is 33.3 Å². The summed E-state index contributed by atoms with van der Waals surface area (Å²) in [6.07, 6.45) is 1.54. The monoisotopic (exact) mass is 560 g/mol. The van der Waals surface area contributed by atoms with Crippen molar-refractivity contribution < 1.29 is 18.6 Å².